The summed E-state index contributed by atoms with van der Waals surface area (Å²) in [6, 6.07) is 12.0. The Morgan fingerprint density at radius 2 is 1.76 bits per heavy atom. The summed E-state index contributed by atoms with van der Waals surface area (Å²) in [5, 5.41) is 2.85. The van der Waals surface area contributed by atoms with Crippen LogP contribution >= 0.6 is 0 Å². The zero-order chi connectivity index (χ0) is 22.9. The number of benzene rings is 2. The van der Waals surface area contributed by atoms with Gasteiger partial charge >= 0.3 is 6.09 Å². The zero-order valence-corrected chi connectivity index (χ0v) is 18.2. The number of nitrogens with one attached hydrogen (secondary N) is 1. The molecule has 2 fully saturated rings. The van der Waals surface area contributed by atoms with Crippen molar-refractivity contribution < 1.29 is 23.9 Å². The minimum atomic E-state index is -0.379. The molecule has 2 heterocycles. The lowest BCUT2D eigenvalue weighted by molar-refractivity contribution is 0.0548. The maximum Gasteiger partial charge on any atom is 0.414 e. The number of ether oxygens (including phenoxy) is 1. The molecular formula is C25H25N3O5. The maximum atomic E-state index is 13.0. The average Bonchev–Trinajstić information content (AvgIpc) is 3.38. The fraction of sp³-hybridized carbons (Fsp3) is 0.360. The van der Waals surface area contributed by atoms with E-state index in [4.69, 9.17) is 4.74 Å². The van der Waals surface area contributed by atoms with Crippen LogP contribution in [0.1, 0.15) is 68.7 Å². The van der Waals surface area contributed by atoms with Crippen molar-refractivity contribution in [3.05, 3.63) is 64.7 Å². The van der Waals surface area contributed by atoms with Crippen molar-refractivity contribution in [3.8, 4) is 0 Å². The van der Waals surface area contributed by atoms with E-state index in [0.717, 1.165) is 37.7 Å². The molecule has 0 unspecified atom stereocenters. The molecule has 0 spiro atoms. The van der Waals surface area contributed by atoms with Crippen molar-refractivity contribution in [2.24, 2.45) is 0 Å². The number of carbonyl (C=O) groups excluding carboxylic acids is 4. The topological polar surface area (TPSA) is 96.0 Å². The average molecular weight is 447 g/mol. The number of amides is 4. The van der Waals surface area contributed by atoms with Crippen molar-refractivity contribution in [2.75, 3.05) is 18.1 Å². The van der Waals surface area contributed by atoms with Crippen molar-refractivity contribution in [3.63, 3.8) is 0 Å². The number of cyclic esters (lactones) is 1. The summed E-state index contributed by atoms with van der Waals surface area (Å²) < 4.78 is 4.98. The summed E-state index contributed by atoms with van der Waals surface area (Å²) in [4.78, 5) is 53.3. The van der Waals surface area contributed by atoms with E-state index in [1.807, 2.05) is 24.3 Å². The number of nitrogens with zero attached hydrogens (tertiary/aromatic N) is 2. The molecule has 33 heavy (non-hydrogen) atoms. The van der Waals surface area contributed by atoms with E-state index in [9.17, 15) is 19.2 Å². The van der Waals surface area contributed by atoms with Gasteiger partial charge in [0.1, 0.15) is 6.61 Å². The third kappa shape index (κ3) is 3.97. The van der Waals surface area contributed by atoms with Gasteiger partial charge in [-0.25, -0.2) is 4.79 Å². The lowest BCUT2D eigenvalue weighted by Gasteiger charge is -2.29. The fourth-order valence-corrected chi connectivity index (χ4v) is 4.82. The van der Waals surface area contributed by atoms with E-state index in [2.05, 4.69) is 5.32 Å². The van der Waals surface area contributed by atoms with Crippen LogP contribution in [0.4, 0.5) is 10.5 Å². The molecule has 1 saturated heterocycles. The molecule has 2 aromatic carbocycles. The van der Waals surface area contributed by atoms with Gasteiger partial charge in [-0.3, -0.25) is 24.2 Å². The van der Waals surface area contributed by atoms with E-state index < -0.39 is 0 Å². The van der Waals surface area contributed by atoms with Gasteiger partial charge in [0, 0.05) is 23.8 Å². The summed E-state index contributed by atoms with van der Waals surface area (Å²) in [5.74, 6) is -0.895. The Kier molecular flexibility index (Phi) is 5.58. The first-order valence-corrected chi connectivity index (χ1v) is 11.4. The number of rotatable bonds is 5. The molecule has 0 aromatic heterocycles. The van der Waals surface area contributed by atoms with Crippen LogP contribution < -0.4 is 10.2 Å². The summed E-state index contributed by atoms with van der Waals surface area (Å²) in [7, 11) is 0. The molecule has 0 atom stereocenters. The van der Waals surface area contributed by atoms with Crippen LogP contribution in [0, 0.1) is 0 Å². The predicted octanol–water partition coefficient (Wildman–Crippen LogP) is 3.50. The van der Waals surface area contributed by atoms with Gasteiger partial charge in [-0.1, -0.05) is 31.4 Å². The molecule has 8 nitrogen and oxygen atoms in total. The Bertz CT molecular complexity index is 1140. The monoisotopic (exact) mass is 447 g/mol. The second-order valence-electron chi connectivity index (χ2n) is 8.65. The van der Waals surface area contributed by atoms with Gasteiger partial charge < -0.3 is 10.1 Å². The Labute approximate surface area is 191 Å². The number of anilines is 1. The van der Waals surface area contributed by atoms with Crippen LogP contribution in [0.15, 0.2) is 42.5 Å². The predicted molar refractivity (Wildman–Crippen MR) is 120 cm³/mol. The molecule has 3 aliphatic rings. The molecule has 5 rings (SSSR count). The third-order valence-corrected chi connectivity index (χ3v) is 6.56. The van der Waals surface area contributed by atoms with E-state index in [1.165, 1.54) is 11.0 Å². The molecule has 0 radical (unpaired) electrons. The normalized spacial score (nSPS) is 18.5. The van der Waals surface area contributed by atoms with Gasteiger partial charge in [-0.15, -0.1) is 0 Å². The van der Waals surface area contributed by atoms with Gasteiger partial charge in [0.2, 0.25) is 0 Å². The highest BCUT2D eigenvalue weighted by atomic mass is 16.6. The van der Waals surface area contributed by atoms with Gasteiger partial charge in [0.25, 0.3) is 17.7 Å². The van der Waals surface area contributed by atoms with Crippen LogP contribution in [-0.4, -0.2) is 47.9 Å². The minimum Gasteiger partial charge on any atom is -0.447 e. The first kappa shape index (κ1) is 21.2. The lowest BCUT2D eigenvalue weighted by Crippen LogP contribution is -2.40. The van der Waals surface area contributed by atoms with Gasteiger partial charge in [0.05, 0.1) is 17.7 Å². The molecule has 1 saturated carbocycles. The molecule has 8 heteroatoms. The van der Waals surface area contributed by atoms with Gasteiger partial charge in [-0.2, -0.15) is 0 Å². The number of fused-ring (bicyclic) bond motifs is 1. The molecule has 2 aromatic rings. The van der Waals surface area contributed by atoms with Gasteiger partial charge in [-0.05, 0) is 48.7 Å². The first-order chi connectivity index (χ1) is 16.0. The standard InChI is InChI=1S/C25H25N3O5/c29-22(26-15-16-5-4-8-19(13-16)27-11-12-33-25(27)32)17-9-10-20-21(14-17)24(31)28(23(20)30)18-6-2-1-3-7-18/h4-5,8-10,13-14,18H,1-3,6-7,11-12,15H2,(H,26,29). The molecule has 2 aliphatic heterocycles. The second kappa shape index (κ2) is 8.69. The Hall–Kier alpha value is -3.68. The largest absolute Gasteiger partial charge is 0.447 e. The first-order valence-electron chi connectivity index (χ1n) is 11.4. The highest BCUT2D eigenvalue weighted by Gasteiger charge is 2.40. The highest BCUT2D eigenvalue weighted by Crippen LogP contribution is 2.31. The molecule has 1 N–H and O–H groups in total. The van der Waals surface area contributed by atoms with E-state index in [-0.39, 0.29) is 36.4 Å². The summed E-state index contributed by atoms with van der Waals surface area (Å²) in [6.45, 7) is 1.11. The second-order valence-corrected chi connectivity index (χ2v) is 8.65. The summed E-state index contributed by atoms with van der Waals surface area (Å²) in [6.07, 6.45) is 4.48. The Morgan fingerprint density at radius 1 is 0.970 bits per heavy atom. The van der Waals surface area contributed by atoms with Crippen molar-refractivity contribution in [1.82, 2.24) is 10.2 Å². The van der Waals surface area contributed by atoms with Crippen LogP contribution in [0.5, 0.6) is 0 Å². The zero-order valence-electron chi connectivity index (χ0n) is 18.2. The summed E-state index contributed by atoms with van der Waals surface area (Å²) >= 11 is 0. The number of imide groups is 1. The molecule has 1 aliphatic carbocycles. The van der Waals surface area contributed by atoms with Crippen molar-refractivity contribution >= 4 is 29.5 Å². The summed E-state index contributed by atoms with van der Waals surface area (Å²) in [5.41, 5.74) is 2.55. The number of hydrogen-bond acceptors (Lipinski definition) is 5. The Morgan fingerprint density at radius 3 is 2.52 bits per heavy atom. The molecule has 170 valence electrons. The molecule has 0 bridgehead atoms. The fourth-order valence-electron chi connectivity index (χ4n) is 4.82. The van der Waals surface area contributed by atoms with Crippen molar-refractivity contribution in [1.29, 1.82) is 0 Å². The van der Waals surface area contributed by atoms with Crippen molar-refractivity contribution in [2.45, 2.75) is 44.7 Å². The quantitative estimate of drug-likeness (QED) is 0.708. The minimum absolute atomic E-state index is 0.0522. The highest BCUT2D eigenvalue weighted by molar-refractivity contribution is 6.22. The van der Waals surface area contributed by atoms with E-state index in [0.29, 0.717) is 35.5 Å². The molecular weight excluding hydrogens is 422 g/mol. The Balaban J connectivity index is 1.28. The van der Waals surface area contributed by atoms with Crippen LogP contribution in [0.3, 0.4) is 0 Å². The van der Waals surface area contributed by atoms with Gasteiger partial charge in [0.15, 0.2) is 0 Å². The van der Waals surface area contributed by atoms with E-state index in [1.54, 1.807) is 17.0 Å². The smallest absolute Gasteiger partial charge is 0.414 e. The SMILES string of the molecule is O=C(NCc1cccc(N2CCOC2=O)c1)c1ccc2c(c1)C(=O)N(C1CCCCC1)C2=O. The number of carbonyl (C=O) groups is 4. The lowest BCUT2D eigenvalue weighted by atomic mass is 9.94. The van der Waals surface area contributed by atoms with Crippen LogP contribution in [0.25, 0.3) is 0 Å². The van der Waals surface area contributed by atoms with Crippen LogP contribution in [0.2, 0.25) is 0 Å². The van der Waals surface area contributed by atoms with E-state index >= 15 is 0 Å². The third-order valence-electron chi connectivity index (χ3n) is 6.56. The molecule has 4 amide bonds. The van der Waals surface area contributed by atoms with Crippen LogP contribution in [-0.2, 0) is 11.3 Å². The number of hydrogen-bond donors (Lipinski definition) is 1. The maximum absolute atomic E-state index is 13.0.